The molecular formula is C17H19FN2. The van der Waals surface area contributed by atoms with Gasteiger partial charge in [-0.3, -0.25) is 0 Å². The third-order valence-corrected chi connectivity index (χ3v) is 3.89. The number of halogens is 1. The molecule has 0 radical (unpaired) electrons. The molecule has 1 atom stereocenters. The third-order valence-electron chi connectivity index (χ3n) is 3.89. The summed E-state index contributed by atoms with van der Waals surface area (Å²) in [6, 6.07) is 13.2. The van der Waals surface area contributed by atoms with E-state index in [1.807, 2.05) is 19.1 Å². The van der Waals surface area contributed by atoms with Crippen LogP contribution >= 0.6 is 0 Å². The van der Waals surface area contributed by atoms with Crippen LogP contribution in [0.15, 0.2) is 42.5 Å². The maximum Gasteiger partial charge on any atom is 0.130 e. The van der Waals surface area contributed by atoms with Crippen molar-refractivity contribution in [3.8, 4) is 0 Å². The molecule has 3 rings (SSSR count). The first-order valence-corrected chi connectivity index (χ1v) is 7.08. The molecule has 0 aliphatic carbocycles. The summed E-state index contributed by atoms with van der Waals surface area (Å²) in [6.45, 7) is 2.73. The van der Waals surface area contributed by atoms with Crippen molar-refractivity contribution in [3.63, 3.8) is 0 Å². The lowest BCUT2D eigenvalue weighted by Crippen LogP contribution is -2.26. The standard InChI is InChI=1S/C17H19FN2/c1-12(19)17-14(18)8-4-10-16(17)20-11-5-7-13-6-2-3-9-15(13)20/h2-4,6,8-10,12H,5,7,11,19H2,1H3/t12-/m1/s1. The molecule has 2 nitrogen and oxygen atoms in total. The number of hydrogen-bond acceptors (Lipinski definition) is 2. The Bertz CT molecular complexity index is 622. The average molecular weight is 270 g/mol. The molecule has 1 aliphatic heterocycles. The Morgan fingerprint density at radius 1 is 1.10 bits per heavy atom. The van der Waals surface area contributed by atoms with Crippen molar-refractivity contribution < 1.29 is 4.39 Å². The number of benzene rings is 2. The molecule has 0 saturated carbocycles. The van der Waals surface area contributed by atoms with Crippen molar-refractivity contribution in [3.05, 3.63) is 59.4 Å². The Hall–Kier alpha value is -1.87. The number of para-hydroxylation sites is 1. The Labute approximate surface area is 119 Å². The van der Waals surface area contributed by atoms with Crippen LogP contribution < -0.4 is 10.6 Å². The number of fused-ring (bicyclic) bond motifs is 1. The van der Waals surface area contributed by atoms with E-state index >= 15 is 0 Å². The van der Waals surface area contributed by atoms with Crippen LogP contribution in [-0.4, -0.2) is 6.54 Å². The number of nitrogens with two attached hydrogens (primary N) is 1. The molecule has 3 heteroatoms. The first-order chi connectivity index (χ1) is 9.68. The van der Waals surface area contributed by atoms with Gasteiger partial charge in [0.05, 0.1) is 0 Å². The Morgan fingerprint density at radius 2 is 1.85 bits per heavy atom. The van der Waals surface area contributed by atoms with Crippen LogP contribution in [0.1, 0.15) is 30.5 Å². The lowest BCUT2D eigenvalue weighted by atomic mass is 9.98. The van der Waals surface area contributed by atoms with E-state index in [1.54, 1.807) is 6.07 Å². The van der Waals surface area contributed by atoms with Gasteiger partial charge in [0.1, 0.15) is 5.82 Å². The zero-order valence-electron chi connectivity index (χ0n) is 11.6. The van der Waals surface area contributed by atoms with Gasteiger partial charge in [0.2, 0.25) is 0 Å². The zero-order chi connectivity index (χ0) is 14.1. The fourth-order valence-electron chi connectivity index (χ4n) is 3.00. The van der Waals surface area contributed by atoms with Crippen LogP contribution in [0.3, 0.4) is 0 Å². The number of aryl methyl sites for hydroxylation is 1. The third kappa shape index (κ3) is 2.18. The number of anilines is 2. The summed E-state index contributed by atoms with van der Waals surface area (Å²) >= 11 is 0. The first-order valence-electron chi connectivity index (χ1n) is 7.08. The second kappa shape index (κ2) is 5.25. The van der Waals surface area contributed by atoms with Crippen molar-refractivity contribution in [2.75, 3.05) is 11.4 Å². The number of nitrogens with zero attached hydrogens (tertiary/aromatic N) is 1. The van der Waals surface area contributed by atoms with Gasteiger partial charge in [0.25, 0.3) is 0 Å². The number of hydrogen-bond donors (Lipinski definition) is 1. The van der Waals surface area contributed by atoms with Crippen LogP contribution in [0.2, 0.25) is 0 Å². The van der Waals surface area contributed by atoms with Crippen molar-refractivity contribution in [1.82, 2.24) is 0 Å². The lowest BCUT2D eigenvalue weighted by molar-refractivity contribution is 0.592. The summed E-state index contributed by atoms with van der Waals surface area (Å²) in [7, 11) is 0. The SMILES string of the molecule is C[C@@H](N)c1c(F)cccc1N1CCCc2ccccc21. The molecule has 2 N–H and O–H groups in total. The largest absolute Gasteiger partial charge is 0.341 e. The van der Waals surface area contributed by atoms with Crippen molar-refractivity contribution >= 4 is 11.4 Å². The van der Waals surface area contributed by atoms with Gasteiger partial charge in [-0.15, -0.1) is 0 Å². The highest BCUT2D eigenvalue weighted by atomic mass is 19.1. The molecule has 0 amide bonds. The van der Waals surface area contributed by atoms with Crippen molar-refractivity contribution in [2.24, 2.45) is 5.73 Å². The zero-order valence-corrected chi connectivity index (χ0v) is 11.6. The molecule has 0 saturated heterocycles. The van der Waals surface area contributed by atoms with Crippen LogP contribution in [0.5, 0.6) is 0 Å². The summed E-state index contributed by atoms with van der Waals surface area (Å²) in [5, 5.41) is 0. The smallest absolute Gasteiger partial charge is 0.130 e. The highest BCUT2D eigenvalue weighted by Crippen LogP contribution is 2.37. The Morgan fingerprint density at radius 3 is 2.65 bits per heavy atom. The molecule has 0 aromatic heterocycles. The van der Waals surface area contributed by atoms with E-state index in [9.17, 15) is 4.39 Å². The van der Waals surface area contributed by atoms with Gasteiger partial charge in [-0.1, -0.05) is 24.3 Å². The minimum absolute atomic E-state index is 0.222. The van der Waals surface area contributed by atoms with Crippen LogP contribution in [0, 0.1) is 5.82 Å². The second-order valence-corrected chi connectivity index (χ2v) is 5.35. The molecule has 2 aromatic carbocycles. The molecule has 1 aliphatic rings. The molecule has 2 aromatic rings. The highest BCUT2D eigenvalue weighted by molar-refractivity contribution is 5.70. The molecule has 0 unspecified atom stereocenters. The summed E-state index contributed by atoms with van der Waals surface area (Å²) in [5.41, 5.74) is 9.96. The van der Waals surface area contributed by atoms with Gasteiger partial charge in [0, 0.05) is 29.5 Å². The van der Waals surface area contributed by atoms with E-state index in [4.69, 9.17) is 5.73 Å². The monoisotopic (exact) mass is 270 g/mol. The van der Waals surface area contributed by atoms with E-state index < -0.39 is 0 Å². The van der Waals surface area contributed by atoms with E-state index in [0.717, 1.165) is 25.1 Å². The predicted octanol–water partition coefficient (Wildman–Crippen LogP) is 3.93. The maximum atomic E-state index is 14.1. The Balaban J connectivity index is 2.14. The molecule has 0 fully saturated rings. The molecule has 104 valence electrons. The van der Waals surface area contributed by atoms with E-state index in [0.29, 0.717) is 5.56 Å². The van der Waals surface area contributed by atoms with Crippen molar-refractivity contribution in [1.29, 1.82) is 0 Å². The average Bonchev–Trinajstić information content (AvgIpc) is 2.46. The minimum atomic E-state index is -0.319. The van der Waals surface area contributed by atoms with Crippen LogP contribution in [-0.2, 0) is 6.42 Å². The van der Waals surface area contributed by atoms with Crippen LogP contribution in [0.25, 0.3) is 0 Å². The predicted molar refractivity (Wildman–Crippen MR) is 80.8 cm³/mol. The van der Waals surface area contributed by atoms with Gasteiger partial charge in [-0.2, -0.15) is 0 Å². The fraction of sp³-hybridized carbons (Fsp3) is 0.294. The van der Waals surface area contributed by atoms with Gasteiger partial charge >= 0.3 is 0 Å². The molecule has 1 heterocycles. The molecule has 0 bridgehead atoms. The van der Waals surface area contributed by atoms with Crippen molar-refractivity contribution in [2.45, 2.75) is 25.8 Å². The normalized spacial score (nSPS) is 15.8. The summed E-state index contributed by atoms with van der Waals surface area (Å²) in [4.78, 5) is 2.20. The molecule has 0 spiro atoms. The summed E-state index contributed by atoms with van der Waals surface area (Å²) < 4.78 is 14.1. The number of rotatable bonds is 2. The Kier molecular flexibility index (Phi) is 3.45. The lowest BCUT2D eigenvalue weighted by Gasteiger charge is -2.33. The van der Waals surface area contributed by atoms with E-state index in [-0.39, 0.29) is 11.9 Å². The molecule has 20 heavy (non-hydrogen) atoms. The topological polar surface area (TPSA) is 29.3 Å². The van der Waals surface area contributed by atoms with Gasteiger partial charge < -0.3 is 10.6 Å². The minimum Gasteiger partial charge on any atom is -0.341 e. The quantitative estimate of drug-likeness (QED) is 0.896. The first kappa shape index (κ1) is 13.1. The second-order valence-electron chi connectivity index (χ2n) is 5.35. The van der Waals surface area contributed by atoms with Crippen LogP contribution in [0.4, 0.5) is 15.8 Å². The summed E-state index contributed by atoms with van der Waals surface area (Å²) in [6.07, 6.45) is 2.15. The molecular weight excluding hydrogens is 251 g/mol. The van der Waals surface area contributed by atoms with E-state index in [2.05, 4.69) is 23.1 Å². The fourth-order valence-corrected chi connectivity index (χ4v) is 3.00. The summed E-state index contributed by atoms with van der Waals surface area (Å²) in [5.74, 6) is -0.222. The highest BCUT2D eigenvalue weighted by Gasteiger charge is 2.22. The van der Waals surface area contributed by atoms with Gasteiger partial charge in [-0.25, -0.2) is 4.39 Å². The maximum absolute atomic E-state index is 14.1. The van der Waals surface area contributed by atoms with Gasteiger partial charge in [-0.05, 0) is 43.5 Å². The van der Waals surface area contributed by atoms with Gasteiger partial charge in [0.15, 0.2) is 0 Å². The van der Waals surface area contributed by atoms with E-state index in [1.165, 1.54) is 17.3 Å².